The van der Waals surface area contributed by atoms with Crippen molar-refractivity contribution in [1.82, 2.24) is 24.7 Å². The van der Waals surface area contributed by atoms with Gasteiger partial charge in [-0.3, -0.25) is 0 Å². The van der Waals surface area contributed by atoms with E-state index in [-0.39, 0.29) is 12.1 Å². The van der Waals surface area contributed by atoms with E-state index in [1.54, 1.807) is 18.4 Å². The normalized spacial score (nSPS) is 24.3. The van der Waals surface area contributed by atoms with Crippen LogP contribution in [-0.4, -0.2) is 44.5 Å². The van der Waals surface area contributed by atoms with Gasteiger partial charge < -0.3 is 14.2 Å². The van der Waals surface area contributed by atoms with E-state index in [1.165, 1.54) is 31.4 Å². The molecule has 9 heteroatoms. The fraction of sp³-hybridized carbons (Fsp3) is 0.647. The molecule has 1 saturated heterocycles. The molecule has 8 nitrogen and oxygen atoms in total. The van der Waals surface area contributed by atoms with Crippen molar-refractivity contribution in [2.75, 3.05) is 18.6 Å². The van der Waals surface area contributed by atoms with Gasteiger partial charge in [0.25, 0.3) is 0 Å². The summed E-state index contributed by atoms with van der Waals surface area (Å²) >= 11 is 1.61. The molecular formula is C17H22N6O2S. The molecule has 3 aromatic heterocycles. The first-order valence-electron chi connectivity index (χ1n) is 9.17. The maximum Gasteiger partial charge on any atom is 0.249 e. The zero-order valence-electron chi connectivity index (χ0n) is 15.0. The van der Waals surface area contributed by atoms with Crippen LogP contribution in [0, 0.1) is 6.92 Å². The van der Waals surface area contributed by atoms with Crippen molar-refractivity contribution in [1.29, 1.82) is 0 Å². The van der Waals surface area contributed by atoms with E-state index in [9.17, 15) is 0 Å². The average molecular weight is 374 g/mol. The van der Waals surface area contributed by atoms with Crippen molar-refractivity contribution in [2.24, 2.45) is 0 Å². The molecule has 2 fully saturated rings. The van der Waals surface area contributed by atoms with Gasteiger partial charge in [0.1, 0.15) is 6.04 Å². The number of imidazole rings is 1. The van der Waals surface area contributed by atoms with Crippen molar-refractivity contribution in [2.45, 2.75) is 57.1 Å². The highest BCUT2D eigenvalue weighted by molar-refractivity contribution is 7.20. The van der Waals surface area contributed by atoms with E-state index in [0.717, 1.165) is 23.1 Å². The Hall–Kier alpha value is -2.00. The van der Waals surface area contributed by atoms with Crippen LogP contribution in [0.25, 0.3) is 4.96 Å². The molecule has 0 spiro atoms. The summed E-state index contributed by atoms with van der Waals surface area (Å²) in [7, 11) is 1.74. The highest BCUT2D eigenvalue weighted by atomic mass is 32.1. The maximum absolute atomic E-state index is 5.59. The third-order valence-electron chi connectivity index (χ3n) is 5.49. The highest BCUT2D eigenvalue weighted by Crippen LogP contribution is 2.39. The second-order valence-electron chi connectivity index (χ2n) is 7.20. The van der Waals surface area contributed by atoms with Crippen molar-refractivity contribution in [3.8, 4) is 0 Å². The molecule has 26 heavy (non-hydrogen) atoms. The maximum atomic E-state index is 5.59. The van der Waals surface area contributed by atoms with Gasteiger partial charge in [0, 0.05) is 26.0 Å². The standard InChI is InChI=1S/C17H22N6O2S/c1-10-18-15(25-21-10)14-7-12(24-2)8-22(14)17-20-23-9-13(19-16(23)26-17)11-5-3-4-6-11/h9,11-12,14H,3-8H2,1-2H3. The summed E-state index contributed by atoms with van der Waals surface area (Å²) in [6.45, 7) is 2.59. The molecule has 0 amide bonds. The largest absolute Gasteiger partial charge is 0.380 e. The molecule has 0 bridgehead atoms. The molecule has 3 aromatic rings. The first kappa shape index (κ1) is 16.2. The molecular weight excluding hydrogens is 352 g/mol. The number of hydrogen-bond donors (Lipinski definition) is 0. The van der Waals surface area contributed by atoms with E-state index in [2.05, 4.69) is 21.2 Å². The van der Waals surface area contributed by atoms with Crippen LogP contribution in [0.5, 0.6) is 0 Å². The van der Waals surface area contributed by atoms with Gasteiger partial charge in [-0.05, 0) is 19.8 Å². The lowest BCUT2D eigenvalue weighted by molar-refractivity contribution is 0.117. The third kappa shape index (κ3) is 2.69. The van der Waals surface area contributed by atoms with E-state index in [4.69, 9.17) is 19.3 Å². The minimum absolute atomic E-state index is 0.00805. The molecule has 2 unspecified atom stereocenters. The zero-order valence-corrected chi connectivity index (χ0v) is 15.8. The van der Waals surface area contributed by atoms with Crippen LogP contribution < -0.4 is 4.90 Å². The summed E-state index contributed by atoms with van der Waals surface area (Å²) in [5.41, 5.74) is 1.19. The van der Waals surface area contributed by atoms with Gasteiger partial charge in [0.05, 0.1) is 18.0 Å². The van der Waals surface area contributed by atoms with Crippen molar-refractivity contribution >= 4 is 21.4 Å². The van der Waals surface area contributed by atoms with Gasteiger partial charge in [0.2, 0.25) is 16.0 Å². The third-order valence-corrected chi connectivity index (χ3v) is 6.45. The van der Waals surface area contributed by atoms with E-state index < -0.39 is 0 Å². The smallest absolute Gasteiger partial charge is 0.249 e. The van der Waals surface area contributed by atoms with Crippen LogP contribution in [0.3, 0.4) is 0 Å². The number of anilines is 1. The van der Waals surface area contributed by atoms with Crippen molar-refractivity contribution in [3.63, 3.8) is 0 Å². The van der Waals surface area contributed by atoms with Crippen molar-refractivity contribution in [3.05, 3.63) is 23.6 Å². The first-order chi connectivity index (χ1) is 12.7. The Bertz CT molecular complexity index is 880. The molecule has 1 aliphatic heterocycles. The zero-order chi connectivity index (χ0) is 17.7. The molecule has 2 aliphatic rings. The molecule has 0 aromatic carbocycles. The molecule has 5 rings (SSSR count). The SMILES string of the molecule is COC1CC(c2nc(C)no2)N(c2nn3cc(C4CCCC4)nc3s2)C1. The highest BCUT2D eigenvalue weighted by Gasteiger charge is 2.38. The molecule has 0 N–H and O–H groups in total. The summed E-state index contributed by atoms with van der Waals surface area (Å²) < 4.78 is 12.9. The van der Waals surface area contributed by atoms with E-state index in [0.29, 0.717) is 17.6 Å². The Morgan fingerprint density at radius 2 is 2.12 bits per heavy atom. The number of ether oxygens (including phenoxy) is 1. The van der Waals surface area contributed by atoms with Crippen LogP contribution in [0.2, 0.25) is 0 Å². The Kier molecular flexibility index (Phi) is 3.93. The lowest BCUT2D eigenvalue weighted by Crippen LogP contribution is -2.25. The number of rotatable bonds is 4. The Labute approximate surface area is 155 Å². The fourth-order valence-corrected chi connectivity index (χ4v) is 5.05. The van der Waals surface area contributed by atoms with Crippen LogP contribution >= 0.6 is 11.3 Å². The van der Waals surface area contributed by atoms with Gasteiger partial charge in [-0.2, -0.15) is 4.98 Å². The van der Waals surface area contributed by atoms with Crippen LogP contribution in [0.4, 0.5) is 5.13 Å². The molecule has 1 aliphatic carbocycles. The van der Waals surface area contributed by atoms with Gasteiger partial charge in [0.15, 0.2) is 5.82 Å². The van der Waals surface area contributed by atoms with Gasteiger partial charge >= 0.3 is 0 Å². The summed E-state index contributed by atoms with van der Waals surface area (Å²) in [5.74, 6) is 1.88. The molecule has 0 radical (unpaired) electrons. The topological polar surface area (TPSA) is 81.6 Å². The summed E-state index contributed by atoms with van der Waals surface area (Å²) in [6, 6.07) is -0.00805. The number of hydrogen-bond acceptors (Lipinski definition) is 8. The quantitative estimate of drug-likeness (QED) is 0.694. The second-order valence-corrected chi connectivity index (χ2v) is 8.13. The van der Waals surface area contributed by atoms with Crippen LogP contribution in [0.1, 0.15) is 61.5 Å². The van der Waals surface area contributed by atoms with Crippen LogP contribution in [-0.2, 0) is 4.74 Å². The Morgan fingerprint density at radius 1 is 1.27 bits per heavy atom. The lowest BCUT2D eigenvalue weighted by Gasteiger charge is -2.19. The lowest BCUT2D eigenvalue weighted by atomic mass is 10.1. The monoisotopic (exact) mass is 374 g/mol. The molecule has 138 valence electrons. The van der Waals surface area contributed by atoms with Gasteiger partial charge in [-0.25, -0.2) is 9.50 Å². The number of aryl methyl sites for hydroxylation is 1. The van der Waals surface area contributed by atoms with Crippen molar-refractivity contribution < 1.29 is 9.26 Å². The van der Waals surface area contributed by atoms with Gasteiger partial charge in [-0.1, -0.05) is 29.3 Å². The predicted molar refractivity (Wildman–Crippen MR) is 96.6 cm³/mol. The molecule has 1 saturated carbocycles. The minimum Gasteiger partial charge on any atom is -0.380 e. The van der Waals surface area contributed by atoms with E-state index >= 15 is 0 Å². The number of nitrogens with zero attached hydrogens (tertiary/aromatic N) is 6. The number of methoxy groups -OCH3 is 1. The first-order valence-corrected chi connectivity index (χ1v) is 9.98. The van der Waals surface area contributed by atoms with Gasteiger partial charge in [-0.15, -0.1) is 5.10 Å². The summed E-state index contributed by atoms with van der Waals surface area (Å²) in [5, 5.41) is 9.65. The molecule has 4 heterocycles. The number of fused-ring (bicyclic) bond motifs is 1. The van der Waals surface area contributed by atoms with Crippen LogP contribution in [0.15, 0.2) is 10.7 Å². The predicted octanol–water partition coefficient (Wildman–Crippen LogP) is 3.11. The van der Waals surface area contributed by atoms with E-state index in [1.807, 2.05) is 11.4 Å². The molecule has 2 atom stereocenters. The average Bonchev–Trinajstić information content (AvgIpc) is 3.39. The fourth-order valence-electron chi connectivity index (χ4n) is 4.10. The second kappa shape index (κ2) is 6.31. The minimum atomic E-state index is -0.00805. The Balaban J connectivity index is 1.45. The Morgan fingerprint density at radius 3 is 2.81 bits per heavy atom. The number of aromatic nitrogens is 5. The summed E-state index contributed by atoms with van der Waals surface area (Å²) in [6.07, 6.45) is 8.15. The summed E-state index contributed by atoms with van der Waals surface area (Å²) in [4.78, 5) is 12.4.